The summed E-state index contributed by atoms with van der Waals surface area (Å²) in [5.74, 6) is 1.14. The summed E-state index contributed by atoms with van der Waals surface area (Å²) in [5.41, 5.74) is 3.25. The van der Waals surface area contributed by atoms with Gasteiger partial charge in [-0.3, -0.25) is 9.69 Å². The number of aryl methyl sites for hydroxylation is 1. The molecule has 0 radical (unpaired) electrons. The van der Waals surface area contributed by atoms with Crippen molar-refractivity contribution in [2.75, 3.05) is 26.2 Å². The molecule has 1 aliphatic heterocycles. The lowest BCUT2D eigenvalue weighted by Crippen LogP contribution is -2.49. The molecule has 1 aliphatic rings. The van der Waals surface area contributed by atoms with E-state index < -0.39 is 0 Å². The van der Waals surface area contributed by atoms with E-state index in [0.717, 1.165) is 61.0 Å². The molecule has 0 atom stereocenters. The summed E-state index contributed by atoms with van der Waals surface area (Å²) in [6.07, 6.45) is 0.816. The van der Waals surface area contributed by atoms with Crippen LogP contribution in [-0.2, 0) is 24.3 Å². The summed E-state index contributed by atoms with van der Waals surface area (Å²) >= 11 is 5.96. The topological polar surface area (TPSA) is 41.4 Å². The van der Waals surface area contributed by atoms with Gasteiger partial charge in [0, 0.05) is 44.2 Å². The highest BCUT2D eigenvalue weighted by Gasteiger charge is 2.22. The Hall–Kier alpha value is -2.37. The second-order valence-corrected chi connectivity index (χ2v) is 7.68. The van der Waals surface area contributed by atoms with Gasteiger partial charge in [-0.25, -0.2) is 4.98 Å². The number of hydrogen-bond donors (Lipinski definition) is 0. The highest BCUT2D eigenvalue weighted by atomic mass is 35.5. The van der Waals surface area contributed by atoms with E-state index in [1.807, 2.05) is 41.3 Å². The van der Waals surface area contributed by atoms with Crippen molar-refractivity contribution in [1.82, 2.24) is 19.4 Å². The van der Waals surface area contributed by atoms with Crippen LogP contribution in [-0.4, -0.2) is 51.4 Å². The lowest BCUT2D eigenvalue weighted by molar-refractivity contribution is -0.133. The molecule has 0 saturated carbocycles. The van der Waals surface area contributed by atoms with Gasteiger partial charge in [0.15, 0.2) is 0 Å². The van der Waals surface area contributed by atoms with E-state index in [2.05, 4.69) is 33.5 Å². The molecule has 146 valence electrons. The van der Waals surface area contributed by atoms with Crippen LogP contribution in [0.4, 0.5) is 0 Å². The van der Waals surface area contributed by atoms with Crippen molar-refractivity contribution in [2.45, 2.75) is 26.4 Å². The first kappa shape index (κ1) is 19.0. The molecule has 1 saturated heterocycles. The molecule has 0 spiro atoms. The van der Waals surface area contributed by atoms with Crippen LogP contribution in [0.1, 0.15) is 18.3 Å². The maximum atomic E-state index is 12.9. The zero-order valence-corrected chi connectivity index (χ0v) is 16.9. The van der Waals surface area contributed by atoms with Gasteiger partial charge in [-0.05, 0) is 29.8 Å². The number of rotatable bonds is 5. The minimum atomic E-state index is 0.170. The standard InChI is InChI=1S/C22H25ClN4O/c1-2-21-24-19-5-3-4-6-20(19)27(21)16-22(28)26-13-11-25(12-14-26)15-17-7-9-18(23)10-8-17/h3-10H,2,11-16H2,1H3. The second kappa shape index (κ2) is 8.33. The van der Waals surface area contributed by atoms with Crippen LogP contribution >= 0.6 is 11.6 Å². The molecular formula is C22H25ClN4O. The molecule has 1 fully saturated rings. The molecule has 0 aliphatic carbocycles. The van der Waals surface area contributed by atoms with Crippen LogP contribution in [0.5, 0.6) is 0 Å². The SMILES string of the molecule is CCc1nc2ccccc2n1CC(=O)N1CCN(Cc2ccc(Cl)cc2)CC1. The van der Waals surface area contributed by atoms with Crippen molar-refractivity contribution in [3.8, 4) is 0 Å². The number of carbonyl (C=O) groups is 1. The Labute approximate surface area is 170 Å². The molecule has 3 aromatic rings. The summed E-state index contributed by atoms with van der Waals surface area (Å²) in [6, 6.07) is 16.0. The highest BCUT2D eigenvalue weighted by Crippen LogP contribution is 2.18. The van der Waals surface area contributed by atoms with Crippen molar-refractivity contribution in [3.05, 3.63) is 64.9 Å². The van der Waals surface area contributed by atoms with Crippen LogP contribution in [0, 0.1) is 0 Å². The first-order chi connectivity index (χ1) is 13.6. The van der Waals surface area contributed by atoms with Crippen LogP contribution in [0.15, 0.2) is 48.5 Å². The first-order valence-electron chi connectivity index (χ1n) is 9.82. The predicted molar refractivity (Wildman–Crippen MR) is 112 cm³/mol. The van der Waals surface area contributed by atoms with E-state index in [1.54, 1.807) is 0 Å². The van der Waals surface area contributed by atoms with Gasteiger partial charge in [-0.2, -0.15) is 0 Å². The number of amides is 1. The number of nitrogens with zero attached hydrogens (tertiary/aromatic N) is 4. The molecule has 6 heteroatoms. The third kappa shape index (κ3) is 4.05. The molecule has 5 nitrogen and oxygen atoms in total. The lowest BCUT2D eigenvalue weighted by Gasteiger charge is -2.35. The number of para-hydroxylation sites is 2. The number of benzene rings is 2. The van der Waals surface area contributed by atoms with Crippen molar-refractivity contribution >= 4 is 28.5 Å². The van der Waals surface area contributed by atoms with Gasteiger partial charge in [0.05, 0.1) is 11.0 Å². The minimum Gasteiger partial charge on any atom is -0.339 e. The lowest BCUT2D eigenvalue weighted by atomic mass is 10.2. The Kier molecular flexibility index (Phi) is 5.64. The summed E-state index contributed by atoms with van der Waals surface area (Å²) in [7, 11) is 0. The van der Waals surface area contributed by atoms with Gasteiger partial charge in [0.1, 0.15) is 12.4 Å². The maximum absolute atomic E-state index is 12.9. The summed E-state index contributed by atoms with van der Waals surface area (Å²) in [6.45, 7) is 6.64. The number of carbonyl (C=O) groups excluding carboxylic acids is 1. The van der Waals surface area contributed by atoms with Crippen molar-refractivity contribution < 1.29 is 4.79 Å². The largest absolute Gasteiger partial charge is 0.339 e. The molecule has 28 heavy (non-hydrogen) atoms. The fourth-order valence-electron chi connectivity index (χ4n) is 3.81. The number of piperazine rings is 1. The summed E-state index contributed by atoms with van der Waals surface area (Å²) < 4.78 is 2.07. The highest BCUT2D eigenvalue weighted by molar-refractivity contribution is 6.30. The summed E-state index contributed by atoms with van der Waals surface area (Å²) in [5, 5.41) is 0.762. The molecule has 2 aromatic carbocycles. The molecule has 1 amide bonds. The van der Waals surface area contributed by atoms with Crippen LogP contribution in [0.3, 0.4) is 0 Å². The molecule has 1 aromatic heterocycles. The second-order valence-electron chi connectivity index (χ2n) is 7.24. The Morgan fingerprint density at radius 2 is 1.75 bits per heavy atom. The number of imidazole rings is 1. The van der Waals surface area contributed by atoms with Crippen LogP contribution in [0.25, 0.3) is 11.0 Å². The number of halogens is 1. The Morgan fingerprint density at radius 3 is 2.46 bits per heavy atom. The zero-order valence-electron chi connectivity index (χ0n) is 16.1. The molecule has 0 N–H and O–H groups in total. The zero-order chi connectivity index (χ0) is 19.5. The molecule has 0 bridgehead atoms. The van der Waals surface area contributed by atoms with Crippen LogP contribution in [0.2, 0.25) is 5.02 Å². The molecule has 0 unspecified atom stereocenters. The Balaban J connectivity index is 1.37. The van der Waals surface area contributed by atoms with Crippen molar-refractivity contribution in [1.29, 1.82) is 0 Å². The first-order valence-corrected chi connectivity index (χ1v) is 10.2. The van der Waals surface area contributed by atoms with Crippen LogP contribution < -0.4 is 0 Å². The monoisotopic (exact) mass is 396 g/mol. The fourth-order valence-corrected chi connectivity index (χ4v) is 3.94. The van der Waals surface area contributed by atoms with Crippen molar-refractivity contribution in [2.24, 2.45) is 0 Å². The van der Waals surface area contributed by atoms with Gasteiger partial charge in [0.25, 0.3) is 0 Å². The van der Waals surface area contributed by atoms with E-state index in [0.29, 0.717) is 6.54 Å². The Morgan fingerprint density at radius 1 is 1.04 bits per heavy atom. The fraction of sp³-hybridized carbons (Fsp3) is 0.364. The Bertz CT molecular complexity index is 958. The molecular weight excluding hydrogens is 372 g/mol. The average Bonchev–Trinajstić information content (AvgIpc) is 3.08. The van der Waals surface area contributed by atoms with E-state index in [1.165, 1.54) is 5.56 Å². The van der Waals surface area contributed by atoms with E-state index >= 15 is 0 Å². The van der Waals surface area contributed by atoms with E-state index in [9.17, 15) is 4.79 Å². The normalized spacial score (nSPS) is 15.3. The van der Waals surface area contributed by atoms with Crippen molar-refractivity contribution in [3.63, 3.8) is 0 Å². The average molecular weight is 397 g/mol. The third-order valence-electron chi connectivity index (χ3n) is 5.39. The van der Waals surface area contributed by atoms with Gasteiger partial charge >= 0.3 is 0 Å². The molecule has 2 heterocycles. The number of hydrogen-bond acceptors (Lipinski definition) is 3. The molecule has 4 rings (SSSR count). The quantitative estimate of drug-likeness (QED) is 0.661. The van der Waals surface area contributed by atoms with Gasteiger partial charge in [-0.1, -0.05) is 42.8 Å². The number of fused-ring (bicyclic) bond motifs is 1. The van der Waals surface area contributed by atoms with Gasteiger partial charge in [0.2, 0.25) is 5.91 Å². The predicted octanol–water partition coefficient (Wildman–Crippen LogP) is 3.60. The van der Waals surface area contributed by atoms with Gasteiger partial charge in [-0.15, -0.1) is 0 Å². The summed E-state index contributed by atoms with van der Waals surface area (Å²) in [4.78, 5) is 22.0. The van der Waals surface area contributed by atoms with Gasteiger partial charge < -0.3 is 9.47 Å². The smallest absolute Gasteiger partial charge is 0.242 e. The third-order valence-corrected chi connectivity index (χ3v) is 5.64. The van der Waals surface area contributed by atoms with E-state index in [4.69, 9.17) is 11.6 Å². The van der Waals surface area contributed by atoms with E-state index in [-0.39, 0.29) is 5.91 Å². The number of aromatic nitrogens is 2. The maximum Gasteiger partial charge on any atom is 0.242 e. The minimum absolute atomic E-state index is 0.170.